The summed E-state index contributed by atoms with van der Waals surface area (Å²) in [5, 5.41) is 2.89. The molecule has 1 aromatic carbocycles. The van der Waals surface area contributed by atoms with Crippen molar-refractivity contribution in [3.63, 3.8) is 0 Å². The smallest absolute Gasteiger partial charge is 0.0348 e. The summed E-state index contributed by atoms with van der Waals surface area (Å²) in [5.41, 5.74) is 1.31. The molecule has 0 fully saturated rings. The van der Waals surface area contributed by atoms with Crippen molar-refractivity contribution in [3.8, 4) is 0 Å². The molecule has 0 heterocycles. The number of hydrogen-bond donors (Lipinski definition) is 1. The highest BCUT2D eigenvalue weighted by Crippen LogP contribution is 1.99. The van der Waals surface area contributed by atoms with Crippen molar-refractivity contribution in [3.05, 3.63) is 35.9 Å². The number of rotatable bonds is 4. The van der Waals surface area contributed by atoms with E-state index in [1.807, 2.05) is 25.2 Å². The molecular formula is C11H18Cl3N. The first kappa shape index (κ1) is 17.4. The molecule has 1 rings (SSSR count). The van der Waals surface area contributed by atoms with Crippen molar-refractivity contribution >= 4 is 35.6 Å². The fourth-order valence-electron chi connectivity index (χ4n) is 0.848. The average molecular weight is 271 g/mol. The lowest BCUT2D eigenvalue weighted by Gasteiger charge is -1.92. The molecule has 0 aliphatic rings. The van der Waals surface area contributed by atoms with Crippen molar-refractivity contribution in [1.29, 1.82) is 0 Å². The van der Waals surface area contributed by atoms with Gasteiger partial charge in [-0.25, -0.2) is 0 Å². The van der Waals surface area contributed by atoms with Crippen molar-refractivity contribution in [2.75, 3.05) is 25.4 Å². The lowest BCUT2D eigenvalue weighted by atomic mass is 10.2. The van der Waals surface area contributed by atoms with Gasteiger partial charge in [0.15, 0.2) is 0 Å². The predicted octanol–water partition coefficient (Wildman–Crippen LogP) is 3.33. The minimum atomic E-state index is 0. The summed E-state index contributed by atoms with van der Waals surface area (Å²) >= 11 is 10.8. The molecule has 0 atom stereocenters. The van der Waals surface area contributed by atoms with Crippen LogP contribution in [0.5, 0.6) is 0 Å². The standard InChI is InChI=1S/C8H9Cl.C3H8ClN.ClH/c9-7-6-8-4-2-1-3-5-8;1-5-3-2-4;/h1-5H,6-7H2;5H,2-3H2,1H3;1H. The van der Waals surface area contributed by atoms with Gasteiger partial charge in [-0.3, -0.25) is 0 Å². The molecule has 1 nitrogen and oxygen atoms in total. The van der Waals surface area contributed by atoms with E-state index in [0.717, 1.165) is 13.0 Å². The third kappa shape index (κ3) is 12.0. The second-order valence-electron chi connectivity index (χ2n) is 2.72. The molecule has 0 saturated carbocycles. The van der Waals surface area contributed by atoms with Crippen LogP contribution in [0.15, 0.2) is 30.3 Å². The zero-order chi connectivity index (χ0) is 10.6. The Kier molecular flexibility index (Phi) is 16.3. The van der Waals surface area contributed by atoms with E-state index >= 15 is 0 Å². The molecule has 1 N–H and O–H groups in total. The van der Waals surface area contributed by atoms with E-state index in [2.05, 4.69) is 17.4 Å². The molecule has 0 amide bonds. The Morgan fingerprint density at radius 1 is 1.07 bits per heavy atom. The molecular weight excluding hydrogens is 252 g/mol. The quantitative estimate of drug-likeness (QED) is 0.828. The molecule has 15 heavy (non-hydrogen) atoms. The summed E-state index contributed by atoms with van der Waals surface area (Å²) in [5.74, 6) is 1.42. The van der Waals surface area contributed by atoms with Gasteiger partial charge in [0.05, 0.1) is 0 Å². The normalized spacial score (nSPS) is 8.47. The first-order valence-electron chi connectivity index (χ1n) is 4.65. The van der Waals surface area contributed by atoms with E-state index in [-0.39, 0.29) is 12.4 Å². The number of halogens is 3. The molecule has 0 aliphatic carbocycles. The number of benzene rings is 1. The Balaban J connectivity index is 0. The largest absolute Gasteiger partial charge is 0.319 e. The van der Waals surface area contributed by atoms with Gasteiger partial charge in [0.25, 0.3) is 0 Å². The summed E-state index contributed by atoms with van der Waals surface area (Å²) in [6.07, 6.45) is 0.975. The molecule has 0 bridgehead atoms. The van der Waals surface area contributed by atoms with Gasteiger partial charge in [-0.2, -0.15) is 0 Å². The zero-order valence-electron chi connectivity index (χ0n) is 8.88. The van der Waals surface area contributed by atoms with Crippen molar-refractivity contribution < 1.29 is 0 Å². The van der Waals surface area contributed by atoms with Crippen LogP contribution in [0.1, 0.15) is 5.56 Å². The minimum absolute atomic E-state index is 0. The van der Waals surface area contributed by atoms with Crippen LogP contribution in [0.25, 0.3) is 0 Å². The lowest BCUT2D eigenvalue weighted by molar-refractivity contribution is 0.869. The van der Waals surface area contributed by atoms with Gasteiger partial charge in [-0.05, 0) is 19.0 Å². The predicted molar refractivity (Wildman–Crippen MR) is 72.8 cm³/mol. The van der Waals surface area contributed by atoms with E-state index in [0.29, 0.717) is 11.8 Å². The zero-order valence-corrected chi connectivity index (χ0v) is 11.2. The Morgan fingerprint density at radius 2 is 1.67 bits per heavy atom. The Bertz CT molecular complexity index is 202. The van der Waals surface area contributed by atoms with Crippen molar-refractivity contribution in [1.82, 2.24) is 5.32 Å². The fraction of sp³-hybridized carbons (Fsp3) is 0.455. The molecule has 0 unspecified atom stereocenters. The summed E-state index contributed by atoms with van der Waals surface area (Å²) in [4.78, 5) is 0. The van der Waals surface area contributed by atoms with Crippen LogP contribution in [0.3, 0.4) is 0 Å². The van der Waals surface area contributed by atoms with Crippen LogP contribution in [0, 0.1) is 0 Å². The second-order valence-corrected chi connectivity index (χ2v) is 3.47. The van der Waals surface area contributed by atoms with E-state index in [9.17, 15) is 0 Å². The van der Waals surface area contributed by atoms with Gasteiger partial charge >= 0.3 is 0 Å². The molecule has 4 heteroatoms. The SMILES string of the molecule is CNCCCl.Cl.ClCCc1ccccc1. The Labute approximate surface area is 109 Å². The summed E-state index contributed by atoms with van der Waals surface area (Å²) < 4.78 is 0. The van der Waals surface area contributed by atoms with E-state index in [4.69, 9.17) is 23.2 Å². The van der Waals surface area contributed by atoms with Crippen LogP contribution >= 0.6 is 35.6 Å². The minimum Gasteiger partial charge on any atom is -0.319 e. The maximum absolute atomic E-state index is 5.54. The molecule has 0 aliphatic heterocycles. The van der Waals surface area contributed by atoms with Crippen LogP contribution in [-0.4, -0.2) is 25.4 Å². The summed E-state index contributed by atoms with van der Waals surface area (Å²) in [6, 6.07) is 10.2. The highest BCUT2D eigenvalue weighted by molar-refractivity contribution is 6.18. The Hall–Kier alpha value is 0.0500. The van der Waals surface area contributed by atoms with Gasteiger partial charge < -0.3 is 5.32 Å². The number of aryl methyl sites for hydroxylation is 1. The molecule has 0 radical (unpaired) electrons. The van der Waals surface area contributed by atoms with Crippen molar-refractivity contribution in [2.24, 2.45) is 0 Å². The van der Waals surface area contributed by atoms with Crippen LogP contribution in [0.4, 0.5) is 0 Å². The fourth-order valence-corrected chi connectivity index (χ4v) is 1.26. The molecule has 0 saturated heterocycles. The van der Waals surface area contributed by atoms with Crippen LogP contribution in [-0.2, 0) is 6.42 Å². The average Bonchev–Trinajstić information content (AvgIpc) is 2.22. The van der Waals surface area contributed by atoms with E-state index in [1.165, 1.54) is 5.56 Å². The third-order valence-electron chi connectivity index (χ3n) is 1.57. The van der Waals surface area contributed by atoms with Crippen molar-refractivity contribution in [2.45, 2.75) is 6.42 Å². The first-order valence-corrected chi connectivity index (χ1v) is 5.72. The molecule has 0 spiro atoms. The number of alkyl halides is 2. The van der Waals surface area contributed by atoms with Gasteiger partial charge in [-0.1, -0.05) is 30.3 Å². The van der Waals surface area contributed by atoms with E-state index in [1.54, 1.807) is 0 Å². The highest BCUT2D eigenvalue weighted by Gasteiger charge is 1.85. The number of hydrogen-bond acceptors (Lipinski definition) is 1. The number of nitrogens with one attached hydrogen (secondary N) is 1. The topological polar surface area (TPSA) is 12.0 Å². The van der Waals surface area contributed by atoms with E-state index < -0.39 is 0 Å². The first-order chi connectivity index (χ1) is 6.85. The molecule has 0 aromatic heterocycles. The Morgan fingerprint density at radius 3 is 2.00 bits per heavy atom. The highest BCUT2D eigenvalue weighted by atomic mass is 35.5. The summed E-state index contributed by atoms with van der Waals surface area (Å²) in [7, 11) is 1.88. The van der Waals surface area contributed by atoms with Gasteiger partial charge in [-0.15, -0.1) is 35.6 Å². The molecule has 88 valence electrons. The summed E-state index contributed by atoms with van der Waals surface area (Å²) in [6.45, 7) is 0.904. The van der Waals surface area contributed by atoms with Gasteiger partial charge in [0.1, 0.15) is 0 Å². The lowest BCUT2D eigenvalue weighted by Crippen LogP contribution is -2.07. The van der Waals surface area contributed by atoms with Crippen LogP contribution in [0.2, 0.25) is 0 Å². The molecule has 1 aromatic rings. The third-order valence-corrected chi connectivity index (χ3v) is 1.95. The van der Waals surface area contributed by atoms with Gasteiger partial charge in [0.2, 0.25) is 0 Å². The van der Waals surface area contributed by atoms with Gasteiger partial charge in [0, 0.05) is 18.3 Å². The maximum Gasteiger partial charge on any atom is 0.0348 e. The van der Waals surface area contributed by atoms with Crippen LogP contribution < -0.4 is 5.32 Å². The maximum atomic E-state index is 5.54. The monoisotopic (exact) mass is 269 g/mol. The second kappa shape index (κ2) is 14.1.